The molecule has 3 aromatic rings. The number of hydrogen-bond acceptors (Lipinski definition) is 6. The highest BCUT2D eigenvalue weighted by Crippen LogP contribution is 2.23. The summed E-state index contributed by atoms with van der Waals surface area (Å²) in [6.07, 6.45) is 3.83. The maximum absolute atomic E-state index is 12.1. The van der Waals surface area contributed by atoms with Crippen LogP contribution in [0.4, 0.5) is 11.4 Å². The number of nitrogens with one attached hydrogen (secondary N) is 2. The molecule has 110 valence electrons. The predicted molar refractivity (Wildman–Crippen MR) is 75.1 cm³/mol. The first-order valence-corrected chi connectivity index (χ1v) is 6.13. The number of nitro groups is 1. The summed E-state index contributed by atoms with van der Waals surface area (Å²) in [6.45, 7) is 0. The lowest BCUT2D eigenvalue weighted by Crippen LogP contribution is -2.14. The first-order valence-electron chi connectivity index (χ1n) is 6.13. The molecule has 2 aromatic heterocycles. The SMILES string of the molecule is O=C(Nc1cccc(-c2cnco2)c1)c1[nH]ncc1[N+](=O)[O-]. The van der Waals surface area contributed by atoms with E-state index >= 15 is 0 Å². The third-order valence-corrected chi connectivity index (χ3v) is 2.88. The Hall–Kier alpha value is -3.49. The van der Waals surface area contributed by atoms with E-state index in [1.54, 1.807) is 30.5 Å². The van der Waals surface area contributed by atoms with Crippen LogP contribution in [-0.4, -0.2) is 26.0 Å². The van der Waals surface area contributed by atoms with Crippen molar-refractivity contribution in [3.63, 3.8) is 0 Å². The van der Waals surface area contributed by atoms with Gasteiger partial charge >= 0.3 is 5.69 Å². The molecule has 2 heterocycles. The van der Waals surface area contributed by atoms with Crippen LogP contribution in [0.3, 0.4) is 0 Å². The van der Waals surface area contributed by atoms with E-state index in [0.717, 1.165) is 11.8 Å². The van der Waals surface area contributed by atoms with Gasteiger partial charge in [-0.05, 0) is 12.1 Å². The number of benzene rings is 1. The molecule has 0 aliphatic rings. The highest BCUT2D eigenvalue weighted by atomic mass is 16.6. The van der Waals surface area contributed by atoms with Gasteiger partial charge in [-0.25, -0.2) is 4.98 Å². The molecule has 2 N–H and O–H groups in total. The molecule has 0 unspecified atom stereocenters. The predicted octanol–water partition coefficient (Wildman–Crippen LogP) is 2.23. The highest BCUT2D eigenvalue weighted by molar-refractivity contribution is 6.05. The van der Waals surface area contributed by atoms with Crippen LogP contribution in [0.1, 0.15) is 10.5 Å². The second-order valence-corrected chi connectivity index (χ2v) is 4.29. The fraction of sp³-hybridized carbons (Fsp3) is 0. The number of oxazole rings is 1. The van der Waals surface area contributed by atoms with Crippen molar-refractivity contribution in [2.45, 2.75) is 0 Å². The van der Waals surface area contributed by atoms with Gasteiger partial charge < -0.3 is 9.73 Å². The highest BCUT2D eigenvalue weighted by Gasteiger charge is 2.22. The Bertz CT molecular complexity index is 825. The molecule has 0 aliphatic heterocycles. The van der Waals surface area contributed by atoms with Gasteiger partial charge in [0.2, 0.25) is 5.69 Å². The van der Waals surface area contributed by atoms with Crippen LogP contribution < -0.4 is 5.32 Å². The number of rotatable bonds is 4. The minimum atomic E-state index is -0.677. The summed E-state index contributed by atoms with van der Waals surface area (Å²) in [5.41, 5.74) is 0.580. The summed E-state index contributed by atoms with van der Waals surface area (Å²) in [5, 5.41) is 19.2. The zero-order valence-electron chi connectivity index (χ0n) is 11.0. The molecular formula is C13H9N5O4. The lowest BCUT2D eigenvalue weighted by atomic mass is 10.1. The van der Waals surface area contributed by atoms with E-state index in [0.29, 0.717) is 11.4 Å². The van der Waals surface area contributed by atoms with Gasteiger partial charge in [0.15, 0.2) is 12.2 Å². The Labute approximate surface area is 123 Å². The van der Waals surface area contributed by atoms with Gasteiger partial charge in [0.05, 0.1) is 11.1 Å². The molecule has 0 spiro atoms. The van der Waals surface area contributed by atoms with Gasteiger partial charge in [0.25, 0.3) is 5.91 Å². The van der Waals surface area contributed by atoms with E-state index in [1.165, 1.54) is 6.39 Å². The van der Waals surface area contributed by atoms with E-state index in [4.69, 9.17) is 4.42 Å². The molecule has 1 amide bonds. The molecule has 0 fully saturated rings. The van der Waals surface area contributed by atoms with Gasteiger partial charge in [-0.2, -0.15) is 5.10 Å². The minimum Gasteiger partial charge on any atom is -0.444 e. The Morgan fingerprint density at radius 3 is 2.95 bits per heavy atom. The van der Waals surface area contributed by atoms with Crippen molar-refractivity contribution < 1.29 is 14.1 Å². The van der Waals surface area contributed by atoms with Crippen molar-refractivity contribution in [2.75, 3.05) is 5.32 Å². The number of amides is 1. The average Bonchev–Trinajstić information content (AvgIpc) is 3.19. The minimum absolute atomic E-state index is 0.213. The fourth-order valence-corrected chi connectivity index (χ4v) is 1.89. The van der Waals surface area contributed by atoms with Crippen LogP contribution in [0, 0.1) is 10.1 Å². The third kappa shape index (κ3) is 2.54. The largest absolute Gasteiger partial charge is 0.444 e. The zero-order valence-corrected chi connectivity index (χ0v) is 11.0. The van der Waals surface area contributed by atoms with Crippen molar-refractivity contribution >= 4 is 17.3 Å². The quantitative estimate of drug-likeness (QED) is 0.561. The molecule has 9 heteroatoms. The Balaban J connectivity index is 1.84. The van der Waals surface area contributed by atoms with Crippen molar-refractivity contribution in [3.05, 3.63) is 58.9 Å². The van der Waals surface area contributed by atoms with Crippen molar-refractivity contribution in [2.24, 2.45) is 0 Å². The molecule has 0 saturated carbocycles. The Morgan fingerprint density at radius 2 is 2.23 bits per heavy atom. The number of aromatic amines is 1. The smallest absolute Gasteiger partial charge is 0.319 e. The van der Waals surface area contributed by atoms with Crippen LogP contribution >= 0.6 is 0 Å². The molecule has 0 aliphatic carbocycles. The van der Waals surface area contributed by atoms with Crippen LogP contribution in [0.15, 0.2) is 47.5 Å². The van der Waals surface area contributed by atoms with Crippen molar-refractivity contribution in [1.29, 1.82) is 0 Å². The maximum atomic E-state index is 12.1. The second kappa shape index (κ2) is 5.48. The molecule has 0 atom stereocenters. The molecule has 0 bridgehead atoms. The molecule has 1 aromatic carbocycles. The molecular weight excluding hydrogens is 290 g/mol. The summed E-state index contributed by atoms with van der Waals surface area (Å²) in [4.78, 5) is 26.0. The summed E-state index contributed by atoms with van der Waals surface area (Å²) in [6, 6.07) is 6.82. The lowest BCUT2D eigenvalue weighted by molar-refractivity contribution is -0.385. The van der Waals surface area contributed by atoms with Gasteiger partial charge in [-0.1, -0.05) is 12.1 Å². The summed E-state index contributed by atoms with van der Waals surface area (Å²) < 4.78 is 5.17. The molecule has 9 nitrogen and oxygen atoms in total. The molecule has 22 heavy (non-hydrogen) atoms. The van der Waals surface area contributed by atoms with E-state index in [2.05, 4.69) is 20.5 Å². The van der Waals surface area contributed by atoms with E-state index < -0.39 is 10.8 Å². The standard InChI is InChI=1S/C13H9N5O4/c19-13(12-10(18(20)21)5-15-17-12)16-9-3-1-2-8(4-9)11-6-14-7-22-11/h1-7H,(H,15,17)(H,16,19). The first kappa shape index (κ1) is 13.5. The number of anilines is 1. The monoisotopic (exact) mass is 299 g/mol. The topological polar surface area (TPSA) is 127 Å². The molecule has 0 saturated heterocycles. The summed E-state index contributed by atoms with van der Waals surface area (Å²) in [5.74, 6) is -0.109. The van der Waals surface area contributed by atoms with Crippen molar-refractivity contribution in [3.8, 4) is 11.3 Å². The number of H-pyrrole nitrogens is 1. The van der Waals surface area contributed by atoms with Crippen LogP contribution in [0.25, 0.3) is 11.3 Å². The van der Waals surface area contributed by atoms with Crippen LogP contribution in [0.5, 0.6) is 0 Å². The van der Waals surface area contributed by atoms with Crippen molar-refractivity contribution in [1.82, 2.24) is 15.2 Å². The first-order chi connectivity index (χ1) is 10.6. The van der Waals surface area contributed by atoms with Gasteiger partial charge in [-0.3, -0.25) is 20.0 Å². The number of hydrogen-bond donors (Lipinski definition) is 2. The number of carbonyl (C=O) groups excluding carboxylic acids is 1. The average molecular weight is 299 g/mol. The second-order valence-electron chi connectivity index (χ2n) is 4.29. The normalized spacial score (nSPS) is 10.4. The molecule has 0 radical (unpaired) electrons. The van der Waals surface area contributed by atoms with Gasteiger partial charge in [0.1, 0.15) is 6.20 Å². The van der Waals surface area contributed by atoms with E-state index in [9.17, 15) is 14.9 Å². The summed E-state index contributed by atoms with van der Waals surface area (Å²) >= 11 is 0. The summed E-state index contributed by atoms with van der Waals surface area (Å²) in [7, 11) is 0. The van der Waals surface area contributed by atoms with Crippen LogP contribution in [0.2, 0.25) is 0 Å². The molecule has 3 rings (SSSR count). The fourth-order valence-electron chi connectivity index (χ4n) is 1.89. The maximum Gasteiger partial charge on any atom is 0.319 e. The lowest BCUT2D eigenvalue weighted by Gasteiger charge is -2.05. The zero-order chi connectivity index (χ0) is 15.5. The Kier molecular flexibility index (Phi) is 3.36. The number of aromatic nitrogens is 3. The number of nitrogens with zero attached hydrogens (tertiary/aromatic N) is 3. The Morgan fingerprint density at radius 1 is 1.36 bits per heavy atom. The van der Waals surface area contributed by atoms with Gasteiger partial charge in [-0.15, -0.1) is 0 Å². The third-order valence-electron chi connectivity index (χ3n) is 2.88. The van der Waals surface area contributed by atoms with Crippen LogP contribution in [-0.2, 0) is 0 Å². The van der Waals surface area contributed by atoms with Gasteiger partial charge in [0, 0.05) is 11.3 Å². The number of carbonyl (C=O) groups is 1. The van der Waals surface area contributed by atoms with E-state index in [1.807, 2.05) is 0 Å². The van der Waals surface area contributed by atoms with E-state index in [-0.39, 0.29) is 11.4 Å².